The van der Waals surface area contributed by atoms with Gasteiger partial charge in [-0.1, -0.05) is 30.3 Å². The average molecular weight is 306 g/mol. The molecule has 1 aromatic heterocycles. The third kappa shape index (κ3) is 4.01. The fourth-order valence-corrected chi connectivity index (χ4v) is 3.29. The standard InChI is InChI=1S/C15H18N2O3S/c1-3-20-15(18)13-9-16-17(2)14(13)11-21(19)10-12-7-5-4-6-8-12/h4-9H,3,10-11H2,1-2H3. The van der Waals surface area contributed by atoms with E-state index in [-0.39, 0.29) is 5.75 Å². The summed E-state index contributed by atoms with van der Waals surface area (Å²) < 4.78 is 18.9. The monoisotopic (exact) mass is 306 g/mol. The van der Waals surface area contributed by atoms with Gasteiger partial charge in [0.1, 0.15) is 5.56 Å². The van der Waals surface area contributed by atoms with Gasteiger partial charge in [0.25, 0.3) is 0 Å². The Morgan fingerprint density at radius 1 is 1.29 bits per heavy atom. The molecule has 0 N–H and O–H groups in total. The zero-order valence-electron chi connectivity index (χ0n) is 12.1. The molecule has 0 spiro atoms. The molecule has 0 aliphatic heterocycles. The first-order valence-electron chi connectivity index (χ1n) is 6.68. The molecule has 5 nitrogen and oxygen atoms in total. The summed E-state index contributed by atoms with van der Waals surface area (Å²) in [4.78, 5) is 11.8. The molecule has 0 aliphatic rings. The van der Waals surface area contributed by atoms with Crippen molar-refractivity contribution in [1.82, 2.24) is 9.78 Å². The molecule has 0 saturated heterocycles. The lowest BCUT2D eigenvalue weighted by Crippen LogP contribution is -2.11. The van der Waals surface area contributed by atoms with Gasteiger partial charge in [0.2, 0.25) is 0 Å². The molecule has 0 bridgehead atoms. The predicted octanol–water partition coefficient (Wildman–Crippen LogP) is 2.05. The van der Waals surface area contributed by atoms with Gasteiger partial charge in [0.15, 0.2) is 0 Å². The van der Waals surface area contributed by atoms with Crippen molar-refractivity contribution in [2.45, 2.75) is 18.4 Å². The summed E-state index contributed by atoms with van der Waals surface area (Å²) in [6.07, 6.45) is 1.47. The summed E-state index contributed by atoms with van der Waals surface area (Å²) in [5, 5.41) is 4.06. The van der Waals surface area contributed by atoms with E-state index in [2.05, 4.69) is 5.10 Å². The van der Waals surface area contributed by atoms with Gasteiger partial charge in [-0.25, -0.2) is 4.79 Å². The molecule has 21 heavy (non-hydrogen) atoms. The van der Waals surface area contributed by atoms with Crippen LogP contribution in [0.15, 0.2) is 36.5 Å². The first-order chi connectivity index (χ1) is 10.1. The fourth-order valence-electron chi connectivity index (χ4n) is 1.98. The van der Waals surface area contributed by atoms with E-state index in [1.165, 1.54) is 6.20 Å². The molecule has 2 rings (SSSR count). The number of carbonyl (C=O) groups is 1. The van der Waals surface area contributed by atoms with Crippen LogP contribution < -0.4 is 0 Å². The van der Waals surface area contributed by atoms with Crippen LogP contribution in [0.5, 0.6) is 0 Å². The normalized spacial score (nSPS) is 12.1. The molecule has 6 heteroatoms. The summed E-state index contributed by atoms with van der Waals surface area (Å²) in [5.74, 6) is 0.311. The highest BCUT2D eigenvalue weighted by Gasteiger charge is 2.19. The Bertz CT molecular complexity index is 638. The Morgan fingerprint density at radius 3 is 2.67 bits per heavy atom. The van der Waals surface area contributed by atoms with Crippen molar-refractivity contribution in [3.63, 3.8) is 0 Å². The van der Waals surface area contributed by atoms with E-state index >= 15 is 0 Å². The lowest BCUT2D eigenvalue weighted by Gasteiger charge is -2.06. The number of hydrogen-bond acceptors (Lipinski definition) is 4. The van der Waals surface area contributed by atoms with Gasteiger partial charge in [-0.2, -0.15) is 5.10 Å². The van der Waals surface area contributed by atoms with Crippen LogP contribution in [0.25, 0.3) is 0 Å². The number of hydrogen-bond donors (Lipinski definition) is 0. The van der Waals surface area contributed by atoms with Gasteiger partial charge in [-0.3, -0.25) is 8.89 Å². The number of esters is 1. The minimum absolute atomic E-state index is 0.277. The van der Waals surface area contributed by atoms with Crippen molar-refractivity contribution in [3.8, 4) is 0 Å². The summed E-state index contributed by atoms with van der Waals surface area (Å²) in [7, 11) is 0.624. The highest BCUT2D eigenvalue weighted by Crippen LogP contribution is 2.14. The summed E-state index contributed by atoms with van der Waals surface area (Å²) in [6, 6.07) is 9.63. The average Bonchev–Trinajstić information content (AvgIpc) is 2.81. The number of aromatic nitrogens is 2. The Morgan fingerprint density at radius 2 is 2.00 bits per heavy atom. The van der Waals surface area contributed by atoms with Crippen LogP contribution in [0.2, 0.25) is 0 Å². The summed E-state index contributed by atoms with van der Waals surface area (Å²) in [5.41, 5.74) is 2.04. The maximum atomic E-state index is 12.3. The smallest absolute Gasteiger partial charge is 0.341 e. The second kappa shape index (κ2) is 7.17. The first-order valence-corrected chi connectivity index (χ1v) is 8.17. The van der Waals surface area contributed by atoms with Crippen LogP contribution in [0.3, 0.4) is 0 Å². The van der Waals surface area contributed by atoms with Gasteiger partial charge in [-0.15, -0.1) is 0 Å². The molecule has 1 aromatic carbocycles. The van der Waals surface area contributed by atoms with Crippen LogP contribution in [0.1, 0.15) is 28.5 Å². The molecule has 0 saturated carbocycles. The van der Waals surface area contributed by atoms with E-state index in [0.29, 0.717) is 23.6 Å². The molecule has 0 radical (unpaired) electrons. The Balaban J connectivity index is 2.10. The third-order valence-electron chi connectivity index (χ3n) is 3.03. The van der Waals surface area contributed by atoms with E-state index in [0.717, 1.165) is 5.56 Å². The number of benzene rings is 1. The maximum Gasteiger partial charge on any atom is 0.341 e. The van der Waals surface area contributed by atoms with Gasteiger partial charge in [-0.05, 0) is 12.5 Å². The van der Waals surface area contributed by atoms with E-state index < -0.39 is 16.8 Å². The predicted molar refractivity (Wildman–Crippen MR) is 81.2 cm³/mol. The van der Waals surface area contributed by atoms with Crippen LogP contribution in [0.4, 0.5) is 0 Å². The topological polar surface area (TPSA) is 61.2 Å². The molecular weight excluding hydrogens is 288 g/mol. The number of carbonyl (C=O) groups excluding carboxylic acids is 1. The lowest BCUT2D eigenvalue weighted by molar-refractivity contribution is 0.0525. The molecule has 0 aliphatic carbocycles. The molecule has 112 valence electrons. The van der Waals surface area contributed by atoms with E-state index in [1.54, 1.807) is 18.7 Å². The second-order valence-electron chi connectivity index (χ2n) is 4.56. The molecular formula is C15H18N2O3S. The van der Waals surface area contributed by atoms with Gasteiger partial charge in [0.05, 0.1) is 24.3 Å². The quantitative estimate of drug-likeness (QED) is 0.766. The number of nitrogens with zero attached hydrogens (tertiary/aromatic N) is 2. The zero-order valence-corrected chi connectivity index (χ0v) is 12.9. The highest BCUT2D eigenvalue weighted by molar-refractivity contribution is 7.83. The second-order valence-corrected chi connectivity index (χ2v) is 6.02. The van der Waals surface area contributed by atoms with Crippen molar-refractivity contribution in [2.24, 2.45) is 7.05 Å². The highest BCUT2D eigenvalue weighted by atomic mass is 32.2. The van der Waals surface area contributed by atoms with Crippen molar-refractivity contribution < 1.29 is 13.7 Å². The molecule has 0 amide bonds. The first kappa shape index (κ1) is 15.4. The molecule has 1 unspecified atom stereocenters. The third-order valence-corrected chi connectivity index (χ3v) is 4.28. The molecule has 1 heterocycles. The molecule has 0 fully saturated rings. The van der Waals surface area contributed by atoms with Crippen molar-refractivity contribution in [2.75, 3.05) is 6.61 Å². The van der Waals surface area contributed by atoms with Gasteiger partial charge in [0, 0.05) is 23.6 Å². The SMILES string of the molecule is CCOC(=O)c1cnn(C)c1CS(=O)Cc1ccccc1. The number of ether oxygens (including phenoxy) is 1. The Labute approximate surface area is 126 Å². The minimum Gasteiger partial charge on any atom is -0.462 e. The molecule has 1 atom stereocenters. The Hall–Kier alpha value is -1.95. The van der Waals surface area contributed by atoms with Crippen molar-refractivity contribution in [3.05, 3.63) is 53.3 Å². The lowest BCUT2D eigenvalue weighted by atomic mass is 10.2. The van der Waals surface area contributed by atoms with Crippen molar-refractivity contribution >= 4 is 16.8 Å². The van der Waals surface area contributed by atoms with Crippen LogP contribution in [-0.2, 0) is 34.1 Å². The Kier molecular flexibility index (Phi) is 5.27. The van der Waals surface area contributed by atoms with E-state index in [1.807, 2.05) is 30.3 Å². The van der Waals surface area contributed by atoms with Crippen molar-refractivity contribution in [1.29, 1.82) is 0 Å². The van der Waals surface area contributed by atoms with Crippen LogP contribution in [-0.4, -0.2) is 26.6 Å². The fraction of sp³-hybridized carbons (Fsp3) is 0.333. The maximum absolute atomic E-state index is 12.3. The number of aryl methyl sites for hydroxylation is 1. The molecule has 2 aromatic rings. The summed E-state index contributed by atoms with van der Waals surface area (Å²) >= 11 is 0. The van der Waals surface area contributed by atoms with E-state index in [4.69, 9.17) is 4.74 Å². The van der Waals surface area contributed by atoms with Crippen LogP contribution >= 0.6 is 0 Å². The number of rotatable bonds is 6. The van der Waals surface area contributed by atoms with Gasteiger partial charge >= 0.3 is 5.97 Å². The minimum atomic E-state index is -1.11. The van der Waals surface area contributed by atoms with Crippen LogP contribution in [0, 0.1) is 0 Å². The largest absolute Gasteiger partial charge is 0.462 e. The van der Waals surface area contributed by atoms with E-state index in [9.17, 15) is 9.00 Å². The van der Waals surface area contributed by atoms with Gasteiger partial charge < -0.3 is 4.74 Å². The summed E-state index contributed by atoms with van der Waals surface area (Å²) in [6.45, 7) is 2.06. The zero-order chi connectivity index (χ0) is 15.2.